The van der Waals surface area contributed by atoms with Gasteiger partial charge >= 0.3 is 39.5 Å². The molecule has 0 aromatic rings. The Morgan fingerprint density at radius 3 is 0.938 bits per heavy atom. The van der Waals surface area contributed by atoms with Gasteiger partial charge in [0.15, 0.2) is 12.2 Å². The summed E-state index contributed by atoms with van der Waals surface area (Å²) in [5.74, 6) is 0.0476. The zero-order valence-electron chi connectivity index (χ0n) is 52.2. The van der Waals surface area contributed by atoms with E-state index >= 15 is 0 Å². The van der Waals surface area contributed by atoms with Crippen LogP contribution in [0.3, 0.4) is 0 Å². The highest BCUT2D eigenvalue weighted by atomic mass is 31.2. The van der Waals surface area contributed by atoms with E-state index in [0.29, 0.717) is 31.6 Å². The number of aliphatic hydroxyl groups excluding tert-OH is 1. The number of esters is 4. The average Bonchev–Trinajstić information content (AvgIpc) is 3.42. The minimum absolute atomic E-state index is 0.103. The Morgan fingerprint density at radius 1 is 0.358 bits per heavy atom. The molecule has 0 aliphatic carbocycles. The fourth-order valence-corrected chi connectivity index (χ4v) is 10.7. The van der Waals surface area contributed by atoms with Crippen LogP contribution >= 0.6 is 15.6 Å². The topological polar surface area (TPSA) is 237 Å². The van der Waals surface area contributed by atoms with Crippen molar-refractivity contribution in [1.29, 1.82) is 0 Å². The molecule has 0 heterocycles. The lowest BCUT2D eigenvalue weighted by molar-refractivity contribution is -0.161. The van der Waals surface area contributed by atoms with Crippen molar-refractivity contribution in [2.24, 2.45) is 17.8 Å². The summed E-state index contributed by atoms with van der Waals surface area (Å²) in [6.07, 6.45) is 33.6. The lowest BCUT2D eigenvalue weighted by Crippen LogP contribution is -2.30. The van der Waals surface area contributed by atoms with Crippen molar-refractivity contribution >= 4 is 39.5 Å². The van der Waals surface area contributed by atoms with Crippen LogP contribution in [-0.2, 0) is 65.4 Å². The first-order valence-corrected chi connectivity index (χ1v) is 35.4. The van der Waals surface area contributed by atoms with Crippen LogP contribution in [0.4, 0.5) is 0 Å². The molecule has 0 spiro atoms. The van der Waals surface area contributed by atoms with E-state index in [1.807, 2.05) is 0 Å². The molecular weight excluding hydrogens is 1080 g/mol. The highest BCUT2D eigenvalue weighted by Crippen LogP contribution is 2.45. The summed E-state index contributed by atoms with van der Waals surface area (Å²) in [7, 11) is -9.88. The van der Waals surface area contributed by atoms with Crippen LogP contribution in [0.5, 0.6) is 0 Å². The van der Waals surface area contributed by atoms with Gasteiger partial charge in [0.25, 0.3) is 0 Å². The molecule has 17 nitrogen and oxygen atoms in total. The van der Waals surface area contributed by atoms with Gasteiger partial charge in [-0.2, -0.15) is 0 Å². The van der Waals surface area contributed by atoms with E-state index in [1.54, 1.807) is 0 Å². The molecule has 0 saturated carbocycles. The van der Waals surface area contributed by atoms with Crippen molar-refractivity contribution < 1.29 is 80.2 Å². The summed E-state index contributed by atoms with van der Waals surface area (Å²) >= 11 is 0. The van der Waals surface area contributed by atoms with E-state index in [2.05, 4.69) is 48.5 Å². The molecule has 0 amide bonds. The van der Waals surface area contributed by atoms with Crippen LogP contribution in [0.15, 0.2) is 0 Å². The summed E-state index contributed by atoms with van der Waals surface area (Å²) < 4.78 is 67.8. The SMILES string of the molecule is CCCCCCCCCCC(=O)OC[C@H](COP(=O)(O)OC[C@H](O)COP(=O)(O)OC[C@@H](COC(=O)CCCCCCCCCCC(C)C)OC(=O)CCCCCCCCCCC(C)CC)OC(=O)CCCCCCCCCC(C)C. The third kappa shape index (κ3) is 55.7. The third-order valence-electron chi connectivity index (χ3n) is 14.5. The van der Waals surface area contributed by atoms with E-state index in [1.165, 1.54) is 103 Å². The number of carbonyl (C=O) groups is 4. The monoisotopic (exact) mass is 1200 g/mol. The van der Waals surface area contributed by atoms with Gasteiger partial charge in [-0.1, -0.05) is 248 Å². The first kappa shape index (κ1) is 79.1. The Kier molecular flexibility index (Phi) is 52.2. The zero-order chi connectivity index (χ0) is 60.3. The van der Waals surface area contributed by atoms with E-state index in [9.17, 15) is 43.2 Å². The van der Waals surface area contributed by atoms with Gasteiger partial charge in [-0.05, 0) is 43.4 Å². The van der Waals surface area contributed by atoms with E-state index in [4.69, 9.17) is 37.0 Å². The van der Waals surface area contributed by atoms with Gasteiger partial charge in [-0.3, -0.25) is 37.3 Å². The molecule has 0 aliphatic rings. The molecule has 19 heteroatoms. The molecule has 81 heavy (non-hydrogen) atoms. The summed E-state index contributed by atoms with van der Waals surface area (Å²) in [6, 6.07) is 0. The summed E-state index contributed by atoms with van der Waals surface area (Å²) in [5, 5.41) is 10.5. The minimum Gasteiger partial charge on any atom is -0.462 e. The molecule has 0 aromatic carbocycles. The minimum atomic E-state index is -4.94. The standard InChI is InChI=1S/C62H120O17P2/c1-8-10-11-12-13-22-29-36-43-59(64)72-49-58(79-62(67)46-39-32-25-18-20-27-34-41-54(5)6)52-77-81(70,71)75-48-56(63)47-74-80(68,69)76-51-57(50-73-60(65)44-37-30-23-16-14-19-26-33-40-53(3)4)78-61(66)45-38-31-24-17-15-21-28-35-42-55(7)9-2/h53-58,63H,8-52H2,1-7H3,(H,68,69)(H,70,71)/t55?,56-,57-,58-/m1/s1. The molecule has 0 rings (SSSR count). The maximum Gasteiger partial charge on any atom is 0.472 e. The number of ether oxygens (including phenoxy) is 4. The Hall–Kier alpha value is -1.94. The Balaban J connectivity index is 5.25. The summed E-state index contributed by atoms with van der Waals surface area (Å²) in [4.78, 5) is 72.0. The van der Waals surface area contributed by atoms with Gasteiger partial charge in [0.1, 0.15) is 19.3 Å². The Morgan fingerprint density at radius 2 is 0.630 bits per heavy atom. The molecule has 6 atom stereocenters. The predicted molar refractivity (Wildman–Crippen MR) is 321 cm³/mol. The molecular formula is C62H120O17P2. The van der Waals surface area contributed by atoms with Gasteiger partial charge in [0.05, 0.1) is 26.4 Å². The smallest absolute Gasteiger partial charge is 0.462 e. The predicted octanol–water partition coefficient (Wildman–Crippen LogP) is 16.7. The molecule has 480 valence electrons. The van der Waals surface area contributed by atoms with Crippen LogP contribution in [0.2, 0.25) is 0 Å². The quantitative estimate of drug-likeness (QED) is 0.0222. The number of phosphoric ester groups is 2. The fourth-order valence-electron chi connectivity index (χ4n) is 9.09. The van der Waals surface area contributed by atoms with Gasteiger partial charge in [-0.15, -0.1) is 0 Å². The lowest BCUT2D eigenvalue weighted by Gasteiger charge is -2.21. The average molecular weight is 1200 g/mol. The van der Waals surface area contributed by atoms with E-state index < -0.39 is 97.5 Å². The van der Waals surface area contributed by atoms with Gasteiger partial charge in [-0.25, -0.2) is 9.13 Å². The lowest BCUT2D eigenvalue weighted by atomic mass is 9.99. The fraction of sp³-hybridized carbons (Fsp3) is 0.935. The van der Waals surface area contributed by atoms with Crippen LogP contribution in [0.25, 0.3) is 0 Å². The van der Waals surface area contributed by atoms with Crippen LogP contribution in [0, 0.1) is 17.8 Å². The second kappa shape index (κ2) is 53.5. The second-order valence-electron chi connectivity index (χ2n) is 23.6. The highest BCUT2D eigenvalue weighted by molar-refractivity contribution is 7.47. The zero-order valence-corrected chi connectivity index (χ0v) is 54.0. The molecule has 3 unspecified atom stereocenters. The maximum absolute atomic E-state index is 13.0. The molecule has 0 radical (unpaired) electrons. The normalized spacial score (nSPS) is 14.8. The number of hydrogen-bond acceptors (Lipinski definition) is 15. The largest absolute Gasteiger partial charge is 0.472 e. The van der Waals surface area contributed by atoms with Crippen molar-refractivity contribution in [3.8, 4) is 0 Å². The number of carbonyl (C=O) groups excluding carboxylic acids is 4. The Labute approximate surface area is 492 Å². The maximum atomic E-state index is 13.0. The molecule has 0 aliphatic heterocycles. The van der Waals surface area contributed by atoms with E-state index in [-0.39, 0.29) is 25.7 Å². The second-order valence-corrected chi connectivity index (χ2v) is 26.5. The number of aliphatic hydroxyl groups is 1. The van der Waals surface area contributed by atoms with Gasteiger partial charge < -0.3 is 33.8 Å². The number of unbranched alkanes of at least 4 members (excludes halogenated alkanes) is 27. The molecule has 0 aromatic heterocycles. The van der Waals surface area contributed by atoms with Crippen molar-refractivity contribution in [2.75, 3.05) is 39.6 Å². The van der Waals surface area contributed by atoms with E-state index in [0.717, 1.165) is 108 Å². The number of rotatable bonds is 60. The van der Waals surface area contributed by atoms with Crippen molar-refractivity contribution in [1.82, 2.24) is 0 Å². The molecule has 0 bridgehead atoms. The van der Waals surface area contributed by atoms with Gasteiger partial charge in [0.2, 0.25) is 0 Å². The highest BCUT2D eigenvalue weighted by Gasteiger charge is 2.30. The van der Waals surface area contributed by atoms with Crippen LogP contribution in [0.1, 0.15) is 299 Å². The van der Waals surface area contributed by atoms with Crippen molar-refractivity contribution in [3.63, 3.8) is 0 Å². The first-order chi connectivity index (χ1) is 38.8. The molecule has 3 N–H and O–H groups in total. The number of phosphoric acid groups is 2. The summed E-state index contributed by atoms with van der Waals surface area (Å²) in [6.45, 7) is 11.6. The summed E-state index contributed by atoms with van der Waals surface area (Å²) in [5.41, 5.74) is 0. The molecule has 0 saturated heterocycles. The van der Waals surface area contributed by atoms with Crippen molar-refractivity contribution in [2.45, 2.75) is 317 Å². The first-order valence-electron chi connectivity index (χ1n) is 32.4. The Bertz CT molecular complexity index is 1620. The number of hydrogen-bond donors (Lipinski definition) is 3. The van der Waals surface area contributed by atoms with Crippen molar-refractivity contribution in [3.05, 3.63) is 0 Å². The van der Waals surface area contributed by atoms with Gasteiger partial charge in [0, 0.05) is 25.7 Å². The van der Waals surface area contributed by atoms with Crippen LogP contribution < -0.4 is 0 Å². The third-order valence-corrected chi connectivity index (χ3v) is 16.4. The molecule has 0 fully saturated rings. The van der Waals surface area contributed by atoms with Crippen LogP contribution in [-0.4, -0.2) is 96.7 Å².